The Bertz CT molecular complexity index is 1090. The lowest BCUT2D eigenvalue weighted by Crippen LogP contribution is -2.72. The Hall–Kier alpha value is -2.96. The molecule has 0 saturated carbocycles. The van der Waals surface area contributed by atoms with E-state index in [1.165, 1.54) is 0 Å². The van der Waals surface area contributed by atoms with Gasteiger partial charge >= 0.3 is 6.18 Å². The number of amides is 1. The number of nitriles is 1. The van der Waals surface area contributed by atoms with Gasteiger partial charge in [-0.15, -0.1) is 0 Å². The molecule has 35 heavy (non-hydrogen) atoms. The summed E-state index contributed by atoms with van der Waals surface area (Å²) in [7, 11) is 0. The van der Waals surface area contributed by atoms with Crippen LogP contribution in [0, 0.1) is 16.7 Å². The molecule has 1 N–H and O–H groups in total. The summed E-state index contributed by atoms with van der Waals surface area (Å²) < 4.78 is 46.3. The van der Waals surface area contributed by atoms with Crippen molar-refractivity contribution in [1.82, 2.24) is 15.2 Å². The summed E-state index contributed by atoms with van der Waals surface area (Å²) in [5, 5.41) is 11.4. The highest BCUT2D eigenvalue weighted by Gasteiger charge is 2.62. The van der Waals surface area contributed by atoms with Gasteiger partial charge in [-0.25, -0.2) is 0 Å². The van der Waals surface area contributed by atoms with Crippen LogP contribution < -0.4 is 5.32 Å². The van der Waals surface area contributed by atoms with Crippen molar-refractivity contribution >= 4 is 5.91 Å². The number of carbonyl (C=O) groups excluding carboxylic acids is 1. The summed E-state index contributed by atoms with van der Waals surface area (Å²) in [6, 6.07) is 14.8. The third kappa shape index (κ3) is 4.78. The number of aromatic nitrogens is 1. The molecular formula is C26H29F3N4O2. The zero-order valence-corrected chi connectivity index (χ0v) is 19.9. The van der Waals surface area contributed by atoms with E-state index in [0.29, 0.717) is 37.9 Å². The molecule has 1 aromatic carbocycles. The Morgan fingerprint density at radius 3 is 2.46 bits per heavy atom. The first-order valence-corrected chi connectivity index (χ1v) is 11.6. The van der Waals surface area contributed by atoms with Crippen molar-refractivity contribution in [2.75, 3.05) is 26.3 Å². The minimum Gasteiger partial charge on any atom is -0.376 e. The van der Waals surface area contributed by atoms with Crippen LogP contribution in [-0.4, -0.2) is 53.8 Å². The summed E-state index contributed by atoms with van der Waals surface area (Å²) in [5.74, 6) is -0.592. The second kappa shape index (κ2) is 9.25. The molecular weight excluding hydrogens is 457 g/mol. The second-order valence-corrected chi connectivity index (χ2v) is 10.1. The van der Waals surface area contributed by atoms with Gasteiger partial charge in [0.15, 0.2) is 5.54 Å². The van der Waals surface area contributed by atoms with Gasteiger partial charge in [0, 0.05) is 19.3 Å². The summed E-state index contributed by atoms with van der Waals surface area (Å²) in [4.78, 5) is 20.2. The van der Waals surface area contributed by atoms with Crippen LogP contribution >= 0.6 is 0 Å². The van der Waals surface area contributed by atoms with Crippen molar-refractivity contribution in [3.63, 3.8) is 0 Å². The third-order valence-electron chi connectivity index (χ3n) is 7.49. The first kappa shape index (κ1) is 25.1. The molecule has 2 fully saturated rings. The Balaban J connectivity index is 1.59. The van der Waals surface area contributed by atoms with Crippen LogP contribution in [-0.2, 0) is 21.5 Å². The van der Waals surface area contributed by atoms with Crippen LogP contribution in [0.3, 0.4) is 0 Å². The van der Waals surface area contributed by atoms with Gasteiger partial charge < -0.3 is 10.1 Å². The number of likely N-dealkylation sites (tertiary alicyclic amines) is 1. The fourth-order valence-corrected chi connectivity index (χ4v) is 4.83. The van der Waals surface area contributed by atoms with E-state index in [1.807, 2.05) is 44.2 Å². The lowest BCUT2D eigenvalue weighted by atomic mass is 9.78. The maximum atomic E-state index is 13.8. The predicted molar refractivity (Wildman–Crippen MR) is 123 cm³/mol. The van der Waals surface area contributed by atoms with Crippen LogP contribution in [0.1, 0.15) is 43.5 Å². The zero-order chi connectivity index (χ0) is 25.3. The number of halogens is 3. The van der Waals surface area contributed by atoms with Crippen LogP contribution in [0.4, 0.5) is 13.2 Å². The predicted octanol–water partition coefficient (Wildman–Crippen LogP) is 3.96. The molecule has 0 aliphatic carbocycles. The highest BCUT2D eigenvalue weighted by atomic mass is 19.4. The van der Waals surface area contributed by atoms with E-state index in [2.05, 4.69) is 21.3 Å². The molecule has 0 bridgehead atoms. The third-order valence-corrected chi connectivity index (χ3v) is 7.49. The van der Waals surface area contributed by atoms with Crippen LogP contribution in [0.5, 0.6) is 0 Å². The van der Waals surface area contributed by atoms with E-state index >= 15 is 0 Å². The van der Waals surface area contributed by atoms with Gasteiger partial charge in [0.2, 0.25) is 5.91 Å². The first-order chi connectivity index (χ1) is 16.5. The standard InChI is InChI=1S/C26H29F3N4O2/c1-23(2,21-5-3-4-13-31-21)33-14-12-24(16-33,11-10-19-6-8-20(15-30)9-7-19)22(34)32-25(17-35-18-25)26(27,28)29/h3-9,13H,10-12,14,16-18H2,1-2H3,(H,32,34)/t24-/m1/s1. The van der Waals surface area contributed by atoms with Gasteiger partial charge in [0.25, 0.3) is 0 Å². The van der Waals surface area contributed by atoms with E-state index in [0.717, 1.165) is 11.3 Å². The van der Waals surface area contributed by atoms with Crippen molar-refractivity contribution < 1.29 is 22.7 Å². The molecule has 1 atom stereocenters. The second-order valence-electron chi connectivity index (χ2n) is 10.1. The fourth-order valence-electron chi connectivity index (χ4n) is 4.83. The minimum absolute atomic E-state index is 0.313. The number of hydrogen-bond acceptors (Lipinski definition) is 5. The number of hydrogen-bond donors (Lipinski definition) is 1. The normalized spacial score (nSPS) is 22.3. The number of ether oxygens (including phenoxy) is 1. The van der Waals surface area contributed by atoms with Gasteiger partial charge in [0.05, 0.1) is 41.5 Å². The van der Waals surface area contributed by atoms with Gasteiger partial charge in [-0.05, 0) is 62.9 Å². The number of aryl methyl sites for hydroxylation is 1. The summed E-state index contributed by atoms with van der Waals surface area (Å²) >= 11 is 0. The Morgan fingerprint density at radius 1 is 1.20 bits per heavy atom. The van der Waals surface area contributed by atoms with Crippen molar-refractivity contribution in [1.29, 1.82) is 5.26 Å². The van der Waals surface area contributed by atoms with Crippen LogP contribution in [0.25, 0.3) is 0 Å². The molecule has 3 heterocycles. The molecule has 2 aliphatic rings. The molecule has 186 valence electrons. The number of pyridine rings is 1. The van der Waals surface area contributed by atoms with Gasteiger partial charge in [-0.3, -0.25) is 14.7 Å². The number of carbonyl (C=O) groups is 1. The molecule has 4 rings (SSSR count). The number of nitrogens with zero attached hydrogens (tertiary/aromatic N) is 3. The lowest BCUT2D eigenvalue weighted by Gasteiger charge is -2.45. The first-order valence-electron chi connectivity index (χ1n) is 11.6. The molecule has 9 heteroatoms. The molecule has 2 aromatic rings. The summed E-state index contributed by atoms with van der Waals surface area (Å²) in [5.41, 5.74) is -1.55. The monoisotopic (exact) mass is 486 g/mol. The Kier molecular flexibility index (Phi) is 6.64. The van der Waals surface area contributed by atoms with Crippen molar-refractivity contribution in [2.24, 2.45) is 5.41 Å². The average molecular weight is 487 g/mol. The molecule has 0 radical (unpaired) electrons. The van der Waals surface area contributed by atoms with Gasteiger partial charge in [-0.2, -0.15) is 18.4 Å². The quantitative estimate of drug-likeness (QED) is 0.641. The fraction of sp³-hybridized carbons (Fsp3) is 0.500. The highest BCUT2D eigenvalue weighted by molar-refractivity contribution is 5.84. The number of benzene rings is 1. The van der Waals surface area contributed by atoms with E-state index in [1.54, 1.807) is 18.3 Å². The molecule has 1 amide bonds. The molecule has 2 saturated heterocycles. The molecule has 6 nitrogen and oxygen atoms in total. The van der Waals surface area contributed by atoms with E-state index < -0.39 is 41.8 Å². The summed E-state index contributed by atoms with van der Waals surface area (Å²) in [6.45, 7) is 3.75. The number of alkyl halides is 3. The topological polar surface area (TPSA) is 78.2 Å². The van der Waals surface area contributed by atoms with Crippen LogP contribution in [0.2, 0.25) is 0 Å². The largest absolute Gasteiger partial charge is 0.416 e. The highest BCUT2D eigenvalue weighted by Crippen LogP contribution is 2.43. The van der Waals surface area contributed by atoms with E-state index in [-0.39, 0.29) is 0 Å². The smallest absolute Gasteiger partial charge is 0.376 e. The van der Waals surface area contributed by atoms with E-state index in [4.69, 9.17) is 10.00 Å². The maximum Gasteiger partial charge on any atom is 0.416 e. The molecule has 0 unspecified atom stereocenters. The zero-order valence-electron chi connectivity index (χ0n) is 19.9. The van der Waals surface area contributed by atoms with E-state index in [9.17, 15) is 18.0 Å². The Labute approximate surface area is 203 Å². The van der Waals surface area contributed by atoms with Crippen molar-refractivity contribution in [3.05, 3.63) is 65.5 Å². The van der Waals surface area contributed by atoms with Gasteiger partial charge in [0.1, 0.15) is 0 Å². The van der Waals surface area contributed by atoms with Crippen molar-refractivity contribution in [3.8, 4) is 6.07 Å². The maximum absolute atomic E-state index is 13.8. The minimum atomic E-state index is -4.60. The lowest BCUT2D eigenvalue weighted by molar-refractivity contribution is -0.267. The number of nitrogens with one attached hydrogen (secondary N) is 1. The van der Waals surface area contributed by atoms with Gasteiger partial charge in [-0.1, -0.05) is 18.2 Å². The molecule has 1 aromatic heterocycles. The molecule has 0 spiro atoms. The average Bonchev–Trinajstić information content (AvgIpc) is 3.27. The van der Waals surface area contributed by atoms with Crippen molar-refractivity contribution in [2.45, 2.75) is 50.4 Å². The Morgan fingerprint density at radius 2 is 1.91 bits per heavy atom. The van der Waals surface area contributed by atoms with Crippen LogP contribution in [0.15, 0.2) is 48.7 Å². The number of rotatable bonds is 7. The summed E-state index contributed by atoms with van der Waals surface area (Å²) in [6.07, 6.45) is -1.57. The SMILES string of the molecule is CC(C)(c1ccccn1)N1CC[C@@](CCc2ccc(C#N)cc2)(C(=O)NC2(C(F)(F)F)COC2)C1. The molecule has 2 aliphatic heterocycles.